The summed E-state index contributed by atoms with van der Waals surface area (Å²) in [4.78, 5) is 10.9. The second kappa shape index (κ2) is 6.75. The predicted molar refractivity (Wildman–Crippen MR) is 78.7 cm³/mol. The molecule has 20 heavy (non-hydrogen) atoms. The van der Waals surface area contributed by atoms with Gasteiger partial charge in [0.05, 0.1) is 5.56 Å². The van der Waals surface area contributed by atoms with Crippen molar-refractivity contribution in [1.29, 1.82) is 0 Å². The van der Waals surface area contributed by atoms with Crippen molar-refractivity contribution in [2.24, 2.45) is 0 Å². The summed E-state index contributed by atoms with van der Waals surface area (Å²) in [6.07, 6.45) is 0.793. The molecule has 0 heterocycles. The number of aryl methyl sites for hydroxylation is 2. The first-order valence-electron chi connectivity index (χ1n) is 6.58. The van der Waals surface area contributed by atoms with Crippen molar-refractivity contribution in [2.45, 2.75) is 13.8 Å². The number of carbonyl (C=O) groups excluding carboxylic acids is 1. The number of rotatable bonds is 6. The zero-order valence-electron chi connectivity index (χ0n) is 11.8. The Morgan fingerprint density at radius 3 is 2.25 bits per heavy atom. The van der Waals surface area contributed by atoms with Crippen LogP contribution in [0.1, 0.15) is 21.5 Å². The number of aldehydes is 1. The van der Waals surface area contributed by atoms with Crippen LogP contribution in [0.15, 0.2) is 42.5 Å². The molecule has 0 aliphatic heterocycles. The fourth-order valence-corrected chi connectivity index (χ4v) is 2.03. The lowest BCUT2D eigenvalue weighted by Gasteiger charge is -2.13. The van der Waals surface area contributed by atoms with Crippen molar-refractivity contribution in [2.75, 3.05) is 13.2 Å². The maximum absolute atomic E-state index is 10.9. The molecule has 0 atom stereocenters. The molecule has 2 rings (SSSR count). The average molecular weight is 270 g/mol. The van der Waals surface area contributed by atoms with Crippen LogP contribution in [0.3, 0.4) is 0 Å². The Morgan fingerprint density at radius 1 is 0.900 bits per heavy atom. The topological polar surface area (TPSA) is 35.5 Å². The molecule has 2 aromatic rings. The van der Waals surface area contributed by atoms with Crippen molar-refractivity contribution in [3.63, 3.8) is 0 Å². The van der Waals surface area contributed by atoms with Gasteiger partial charge < -0.3 is 9.47 Å². The first kappa shape index (κ1) is 14.1. The highest BCUT2D eigenvalue weighted by Crippen LogP contribution is 2.22. The molecule has 0 unspecified atom stereocenters. The van der Waals surface area contributed by atoms with E-state index in [1.807, 2.05) is 44.2 Å². The van der Waals surface area contributed by atoms with E-state index in [-0.39, 0.29) is 0 Å². The molecule has 0 saturated heterocycles. The fourth-order valence-electron chi connectivity index (χ4n) is 2.03. The normalized spacial score (nSPS) is 10.1. The summed E-state index contributed by atoms with van der Waals surface area (Å²) in [5.41, 5.74) is 2.77. The van der Waals surface area contributed by atoms with Crippen LogP contribution in [0.2, 0.25) is 0 Å². The van der Waals surface area contributed by atoms with Gasteiger partial charge in [0.2, 0.25) is 0 Å². The van der Waals surface area contributed by atoms with E-state index in [4.69, 9.17) is 9.47 Å². The Kier molecular flexibility index (Phi) is 4.77. The van der Waals surface area contributed by atoms with E-state index in [1.165, 1.54) is 0 Å². The zero-order valence-corrected chi connectivity index (χ0v) is 11.8. The van der Waals surface area contributed by atoms with E-state index in [1.54, 1.807) is 12.1 Å². The van der Waals surface area contributed by atoms with Crippen molar-refractivity contribution >= 4 is 6.29 Å². The fraction of sp³-hybridized carbons (Fsp3) is 0.235. The number of ether oxygens (including phenoxy) is 2. The van der Waals surface area contributed by atoms with Crippen LogP contribution in [0.5, 0.6) is 11.5 Å². The molecule has 0 aliphatic carbocycles. The van der Waals surface area contributed by atoms with Gasteiger partial charge in [0.1, 0.15) is 24.7 Å². The van der Waals surface area contributed by atoms with Crippen LogP contribution >= 0.6 is 0 Å². The van der Waals surface area contributed by atoms with E-state index in [0.717, 1.165) is 23.2 Å². The maximum Gasteiger partial charge on any atom is 0.153 e. The van der Waals surface area contributed by atoms with E-state index in [0.29, 0.717) is 24.5 Å². The van der Waals surface area contributed by atoms with Crippen molar-refractivity contribution < 1.29 is 14.3 Å². The van der Waals surface area contributed by atoms with Crippen LogP contribution in [-0.2, 0) is 0 Å². The van der Waals surface area contributed by atoms with E-state index in [9.17, 15) is 4.79 Å². The van der Waals surface area contributed by atoms with Gasteiger partial charge in [0.25, 0.3) is 0 Å². The molecule has 0 aromatic heterocycles. The molecule has 3 nitrogen and oxygen atoms in total. The number of hydrogen-bond acceptors (Lipinski definition) is 3. The summed E-state index contributed by atoms with van der Waals surface area (Å²) < 4.78 is 11.3. The van der Waals surface area contributed by atoms with Crippen molar-refractivity contribution in [3.8, 4) is 11.5 Å². The van der Waals surface area contributed by atoms with Crippen LogP contribution in [0, 0.1) is 13.8 Å². The minimum atomic E-state index is 0.401. The lowest BCUT2D eigenvalue weighted by molar-refractivity contribution is 0.111. The molecule has 0 amide bonds. The summed E-state index contributed by atoms with van der Waals surface area (Å²) >= 11 is 0. The predicted octanol–water partition coefficient (Wildman–Crippen LogP) is 3.57. The van der Waals surface area contributed by atoms with Gasteiger partial charge in [-0.15, -0.1) is 0 Å². The third-order valence-corrected chi connectivity index (χ3v) is 3.04. The SMILES string of the molecule is Cc1cccc(C)c1OCCOc1ccccc1C=O. The first-order chi connectivity index (χ1) is 9.72. The van der Waals surface area contributed by atoms with E-state index >= 15 is 0 Å². The Labute approximate surface area is 119 Å². The van der Waals surface area contributed by atoms with Gasteiger partial charge in [-0.3, -0.25) is 4.79 Å². The molecule has 0 saturated carbocycles. The number of hydrogen-bond donors (Lipinski definition) is 0. The molecule has 0 aliphatic rings. The van der Waals surface area contributed by atoms with Crippen LogP contribution < -0.4 is 9.47 Å². The molecule has 3 heteroatoms. The van der Waals surface area contributed by atoms with Gasteiger partial charge in [0, 0.05) is 0 Å². The summed E-state index contributed by atoms with van der Waals surface area (Å²) in [7, 11) is 0. The molecule has 0 spiro atoms. The minimum absolute atomic E-state index is 0.401. The summed E-state index contributed by atoms with van der Waals surface area (Å²) in [5, 5.41) is 0. The van der Waals surface area contributed by atoms with Gasteiger partial charge in [0.15, 0.2) is 6.29 Å². The van der Waals surface area contributed by atoms with Gasteiger partial charge in [-0.25, -0.2) is 0 Å². The first-order valence-corrected chi connectivity index (χ1v) is 6.58. The molecule has 104 valence electrons. The molecule has 0 N–H and O–H groups in total. The molecular weight excluding hydrogens is 252 g/mol. The third kappa shape index (κ3) is 3.38. The smallest absolute Gasteiger partial charge is 0.153 e. The van der Waals surface area contributed by atoms with Crippen LogP contribution in [0.4, 0.5) is 0 Å². The lowest BCUT2D eigenvalue weighted by atomic mass is 10.1. The highest BCUT2D eigenvalue weighted by molar-refractivity contribution is 5.79. The molecular formula is C17H18O3. The standard InChI is InChI=1S/C17H18O3/c1-13-6-5-7-14(2)17(13)20-11-10-19-16-9-4-3-8-15(16)12-18/h3-9,12H,10-11H2,1-2H3. The largest absolute Gasteiger partial charge is 0.489 e. The van der Waals surface area contributed by atoms with Gasteiger partial charge in [-0.2, -0.15) is 0 Å². The second-order valence-corrected chi connectivity index (χ2v) is 4.57. The van der Waals surface area contributed by atoms with Crippen molar-refractivity contribution in [1.82, 2.24) is 0 Å². The number of carbonyl (C=O) groups is 1. The molecule has 0 fully saturated rings. The Bertz CT molecular complexity index is 570. The Balaban J connectivity index is 1.89. The van der Waals surface area contributed by atoms with Crippen molar-refractivity contribution in [3.05, 3.63) is 59.2 Å². The quantitative estimate of drug-likeness (QED) is 0.594. The summed E-state index contributed by atoms with van der Waals surface area (Å²) in [6, 6.07) is 13.2. The zero-order chi connectivity index (χ0) is 14.4. The van der Waals surface area contributed by atoms with Crippen LogP contribution in [0.25, 0.3) is 0 Å². The third-order valence-electron chi connectivity index (χ3n) is 3.04. The summed E-state index contributed by atoms with van der Waals surface area (Å²) in [5.74, 6) is 1.49. The highest BCUT2D eigenvalue weighted by Gasteiger charge is 2.04. The highest BCUT2D eigenvalue weighted by atomic mass is 16.5. The monoisotopic (exact) mass is 270 g/mol. The van der Waals surface area contributed by atoms with Gasteiger partial charge in [-0.1, -0.05) is 30.3 Å². The Morgan fingerprint density at radius 2 is 1.55 bits per heavy atom. The molecule has 2 aromatic carbocycles. The Hall–Kier alpha value is -2.29. The van der Waals surface area contributed by atoms with Gasteiger partial charge in [-0.05, 0) is 37.1 Å². The molecule has 0 radical (unpaired) electrons. The molecule has 0 bridgehead atoms. The van der Waals surface area contributed by atoms with E-state index < -0.39 is 0 Å². The summed E-state index contributed by atoms with van der Waals surface area (Å²) in [6.45, 7) is 4.88. The minimum Gasteiger partial charge on any atom is -0.489 e. The lowest BCUT2D eigenvalue weighted by Crippen LogP contribution is -2.11. The maximum atomic E-state index is 10.9. The average Bonchev–Trinajstić information content (AvgIpc) is 2.46. The van der Waals surface area contributed by atoms with Crippen LogP contribution in [-0.4, -0.2) is 19.5 Å². The van der Waals surface area contributed by atoms with E-state index in [2.05, 4.69) is 0 Å². The van der Waals surface area contributed by atoms with Gasteiger partial charge >= 0.3 is 0 Å². The second-order valence-electron chi connectivity index (χ2n) is 4.57. The number of para-hydroxylation sites is 2. The number of benzene rings is 2.